The molecule has 0 saturated heterocycles. The number of para-hydroxylation sites is 1. The first-order valence-corrected chi connectivity index (χ1v) is 12.3. The van der Waals surface area contributed by atoms with Crippen molar-refractivity contribution in [2.45, 2.75) is 51.6 Å². The largest absolute Gasteiger partial charge is 0.352 e. The third-order valence-electron chi connectivity index (χ3n) is 6.50. The van der Waals surface area contributed by atoms with Gasteiger partial charge in [0.15, 0.2) is 0 Å². The van der Waals surface area contributed by atoms with Crippen LogP contribution in [0.2, 0.25) is 0 Å². The number of nitrogens with zero attached hydrogens (tertiary/aromatic N) is 6. The van der Waals surface area contributed by atoms with Crippen molar-refractivity contribution in [3.05, 3.63) is 66.4 Å². The molecule has 9 heteroatoms. The van der Waals surface area contributed by atoms with Gasteiger partial charge in [0.1, 0.15) is 13.1 Å². The van der Waals surface area contributed by atoms with Crippen LogP contribution in [-0.2, 0) is 16.1 Å². The van der Waals surface area contributed by atoms with Crippen LogP contribution in [0, 0.1) is 6.92 Å². The van der Waals surface area contributed by atoms with E-state index >= 15 is 0 Å². The van der Waals surface area contributed by atoms with Gasteiger partial charge in [-0.2, -0.15) is 4.80 Å². The van der Waals surface area contributed by atoms with Crippen LogP contribution in [0.5, 0.6) is 0 Å². The van der Waals surface area contributed by atoms with Crippen LogP contribution in [0.4, 0.5) is 5.69 Å². The molecule has 1 fully saturated rings. The van der Waals surface area contributed by atoms with Crippen LogP contribution in [-0.4, -0.2) is 49.6 Å². The Balaban J connectivity index is 1.36. The van der Waals surface area contributed by atoms with E-state index < -0.39 is 0 Å². The van der Waals surface area contributed by atoms with E-state index in [1.807, 2.05) is 61.5 Å². The minimum Gasteiger partial charge on any atom is -0.352 e. The molecule has 2 aromatic carbocycles. The van der Waals surface area contributed by atoms with Crippen LogP contribution < -0.4 is 10.2 Å². The summed E-state index contributed by atoms with van der Waals surface area (Å²) in [6, 6.07) is 17.5. The number of fused-ring (bicyclic) bond motifs is 1. The van der Waals surface area contributed by atoms with Crippen molar-refractivity contribution in [2.24, 2.45) is 0 Å². The summed E-state index contributed by atoms with van der Waals surface area (Å²) in [6.45, 7) is 1.75. The van der Waals surface area contributed by atoms with Crippen molar-refractivity contribution in [3.8, 4) is 11.4 Å². The summed E-state index contributed by atoms with van der Waals surface area (Å²) in [4.78, 5) is 33.6. The molecule has 0 bridgehead atoms. The van der Waals surface area contributed by atoms with E-state index in [-0.39, 0.29) is 30.9 Å². The van der Waals surface area contributed by atoms with Crippen LogP contribution >= 0.6 is 0 Å². The van der Waals surface area contributed by atoms with Gasteiger partial charge in [-0.25, -0.2) is 0 Å². The third kappa shape index (κ3) is 5.56. The van der Waals surface area contributed by atoms with Crippen molar-refractivity contribution in [1.82, 2.24) is 30.5 Å². The molecule has 1 aliphatic rings. The van der Waals surface area contributed by atoms with Crippen LogP contribution in [0.15, 0.2) is 60.8 Å². The lowest BCUT2D eigenvalue weighted by molar-refractivity contribution is -0.124. The highest BCUT2D eigenvalue weighted by Crippen LogP contribution is 2.21. The van der Waals surface area contributed by atoms with Gasteiger partial charge in [-0.15, -0.1) is 10.2 Å². The number of nitrogens with one attached hydrogen (secondary N) is 1. The molecule has 0 spiro atoms. The molecule has 2 amide bonds. The van der Waals surface area contributed by atoms with Gasteiger partial charge in [-0.05, 0) is 37.1 Å². The van der Waals surface area contributed by atoms with E-state index in [1.165, 1.54) is 16.1 Å². The first-order valence-electron chi connectivity index (χ1n) is 12.3. The zero-order chi connectivity index (χ0) is 24.9. The number of hydrogen-bond acceptors (Lipinski definition) is 6. The fourth-order valence-corrected chi connectivity index (χ4v) is 4.53. The molecule has 2 aromatic heterocycles. The van der Waals surface area contributed by atoms with E-state index in [0.29, 0.717) is 11.5 Å². The van der Waals surface area contributed by atoms with Crippen molar-refractivity contribution in [3.63, 3.8) is 0 Å². The molecule has 1 N–H and O–H groups in total. The first kappa shape index (κ1) is 23.6. The lowest BCUT2D eigenvalue weighted by Crippen LogP contribution is -2.46. The highest BCUT2D eigenvalue weighted by atomic mass is 16.2. The van der Waals surface area contributed by atoms with Gasteiger partial charge in [0.25, 0.3) is 5.91 Å². The minimum atomic E-state index is -0.321. The standard InChI is InChI=1S/C27H29N7O2/c1-19-11-13-20(14-12-19)27-30-32-34(31-27)18-26(36)33(17-25(35)29-22-8-3-2-4-9-22)23-15-21-7-5-6-10-24(21)28-16-23/h5-7,10-16,22H,2-4,8-9,17-18H2,1H3,(H,29,35). The van der Waals surface area contributed by atoms with Crippen molar-refractivity contribution >= 4 is 28.4 Å². The quantitative estimate of drug-likeness (QED) is 0.430. The van der Waals surface area contributed by atoms with E-state index in [4.69, 9.17) is 0 Å². The van der Waals surface area contributed by atoms with Crippen LogP contribution in [0.25, 0.3) is 22.3 Å². The SMILES string of the molecule is Cc1ccc(-c2nnn(CC(=O)N(CC(=O)NC3CCCCC3)c3cnc4ccccc4c3)n2)cc1. The molecule has 4 aromatic rings. The second kappa shape index (κ2) is 10.6. The fourth-order valence-electron chi connectivity index (χ4n) is 4.53. The highest BCUT2D eigenvalue weighted by Gasteiger charge is 2.24. The number of anilines is 1. The van der Waals surface area contributed by atoms with Gasteiger partial charge in [-0.1, -0.05) is 67.3 Å². The molecule has 2 heterocycles. The number of benzene rings is 2. The molecular formula is C27H29N7O2. The molecule has 0 radical (unpaired) electrons. The lowest BCUT2D eigenvalue weighted by Gasteiger charge is -2.26. The molecule has 9 nitrogen and oxygen atoms in total. The van der Waals surface area contributed by atoms with Gasteiger partial charge < -0.3 is 5.32 Å². The number of pyridine rings is 1. The Morgan fingerprint density at radius 2 is 1.83 bits per heavy atom. The van der Waals surface area contributed by atoms with Gasteiger partial charge in [0.05, 0.1) is 17.4 Å². The molecule has 5 rings (SSSR count). The summed E-state index contributed by atoms with van der Waals surface area (Å²) < 4.78 is 0. The third-order valence-corrected chi connectivity index (χ3v) is 6.50. The highest BCUT2D eigenvalue weighted by molar-refractivity contribution is 5.99. The van der Waals surface area contributed by atoms with Gasteiger partial charge in [-0.3, -0.25) is 19.5 Å². The molecule has 1 saturated carbocycles. The molecule has 0 aliphatic heterocycles. The van der Waals surface area contributed by atoms with E-state index in [0.717, 1.165) is 47.7 Å². The second-order valence-electron chi connectivity index (χ2n) is 9.28. The summed E-state index contributed by atoms with van der Waals surface area (Å²) >= 11 is 0. The summed E-state index contributed by atoms with van der Waals surface area (Å²) in [5.74, 6) is -0.0641. The maximum Gasteiger partial charge on any atom is 0.251 e. The Morgan fingerprint density at radius 1 is 1.06 bits per heavy atom. The Bertz CT molecular complexity index is 1360. The summed E-state index contributed by atoms with van der Waals surface area (Å²) in [6.07, 6.45) is 7.01. The molecule has 0 atom stereocenters. The Labute approximate surface area is 209 Å². The van der Waals surface area contributed by atoms with Gasteiger partial charge in [0, 0.05) is 17.0 Å². The monoisotopic (exact) mass is 483 g/mol. The molecular weight excluding hydrogens is 454 g/mol. The second-order valence-corrected chi connectivity index (χ2v) is 9.28. The molecule has 1 aliphatic carbocycles. The number of rotatable bonds is 7. The van der Waals surface area contributed by atoms with E-state index in [9.17, 15) is 9.59 Å². The van der Waals surface area contributed by atoms with Gasteiger partial charge >= 0.3 is 0 Å². The van der Waals surface area contributed by atoms with Crippen molar-refractivity contribution < 1.29 is 9.59 Å². The average Bonchev–Trinajstić information content (AvgIpc) is 3.36. The molecule has 36 heavy (non-hydrogen) atoms. The predicted octanol–water partition coefficient (Wildman–Crippen LogP) is 3.68. The molecule has 0 unspecified atom stereocenters. The fraction of sp³-hybridized carbons (Fsp3) is 0.333. The summed E-state index contributed by atoms with van der Waals surface area (Å²) in [5.41, 5.74) is 3.33. The van der Waals surface area contributed by atoms with E-state index in [1.54, 1.807) is 6.20 Å². The van der Waals surface area contributed by atoms with Crippen molar-refractivity contribution in [2.75, 3.05) is 11.4 Å². The summed E-state index contributed by atoms with van der Waals surface area (Å²) in [7, 11) is 0. The zero-order valence-corrected chi connectivity index (χ0v) is 20.3. The Hall–Kier alpha value is -4.14. The number of tetrazole rings is 1. The van der Waals surface area contributed by atoms with Gasteiger partial charge in [0.2, 0.25) is 11.7 Å². The van der Waals surface area contributed by atoms with Crippen molar-refractivity contribution in [1.29, 1.82) is 0 Å². The topological polar surface area (TPSA) is 106 Å². The smallest absolute Gasteiger partial charge is 0.251 e. The number of amides is 2. The van der Waals surface area contributed by atoms with Crippen LogP contribution in [0.1, 0.15) is 37.7 Å². The average molecular weight is 484 g/mol. The van der Waals surface area contributed by atoms with Crippen LogP contribution in [0.3, 0.4) is 0 Å². The number of hydrogen-bond donors (Lipinski definition) is 1. The lowest BCUT2D eigenvalue weighted by atomic mass is 9.95. The predicted molar refractivity (Wildman–Crippen MR) is 137 cm³/mol. The first-order chi connectivity index (χ1) is 17.5. The maximum absolute atomic E-state index is 13.5. The van der Waals surface area contributed by atoms with E-state index in [2.05, 4.69) is 25.7 Å². The maximum atomic E-state index is 13.5. The number of carbonyl (C=O) groups excluding carboxylic acids is 2. The minimum absolute atomic E-state index is 0.102. The summed E-state index contributed by atoms with van der Waals surface area (Å²) in [5, 5.41) is 16.5. The molecule has 184 valence electrons. The number of carbonyl (C=O) groups is 2. The zero-order valence-electron chi connectivity index (χ0n) is 20.3. The normalized spacial score (nSPS) is 14.0. The number of aryl methyl sites for hydroxylation is 1. The number of aromatic nitrogens is 5. The Morgan fingerprint density at radius 3 is 2.64 bits per heavy atom. The Kier molecular flexibility index (Phi) is 6.97.